The van der Waals surface area contributed by atoms with Crippen LogP contribution in [0.15, 0.2) is 91.1 Å². The number of anilines is 2. The smallest absolute Gasteiger partial charge is 0.316 e. The van der Waals surface area contributed by atoms with Crippen molar-refractivity contribution >= 4 is 23.3 Å². The van der Waals surface area contributed by atoms with E-state index in [2.05, 4.69) is 46.3 Å². The average Bonchev–Trinajstić information content (AvgIpc) is 3.66. The molecule has 7 heteroatoms. The van der Waals surface area contributed by atoms with Crippen molar-refractivity contribution in [3.8, 4) is 11.8 Å². The second-order valence-corrected chi connectivity index (χ2v) is 9.85. The molecule has 38 heavy (non-hydrogen) atoms. The minimum absolute atomic E-state index is 0.0269. The molecule has 1 unspecified atom stereocenters. The summed E-state index contributed by atoms with van der Waals surface area (Å²) in [5, 5.41) is 12.0. The van der Waals surface area contributed by atoms with Crippen LogP contribution in [0.4, 0.5) is 16.2 Å². The highest BCUT2D eigenvalue weighted by Gasteiger charge is 2.40. The van der Waals surface area contributed by atoms with Gasteiger partial charge in [-0.05, 0) is 73.9 Å². The van der Waals surface area contributed by atoms with Gasteiger partial charge in [0, 0.05) is 17.9 Å². The van der Waals surface area contributed by atoms with Crippen molar-refractivity contribution < 1.29 is 9.59 Å². The predicted molar refractivity (Wildman–Crippen MR) is 146 cm³/mol. The number of urea groups is 1. The standard InChI is InChI=1S/C31H27N5O2/c1-21-8-12-23(13-9-21)30-28-7-4-18-34(28)26-5-2-3-6-27(26)36(30)29(37)20-35(25-16-17-25)31(38)33-24-14-10-22(19-32)11-15-24/h2-15,18,25,30H,16-17,20H2,1H3,(H,33,38). The third-order valence-corrected chi connectivity index (χ3v) is 7.20. The molecular formula is C31H27N5O2. The minimum atomic E-state index is -0.323. The zero-order valence-electron chi connectivity index (χ0n) is 21.0. The fourth-order valence-corrected chi connectivity index (χ4v) is 5.12. The first-order valence-corrected chi connectivity index (χ1v) is 12.8. The molecule has 1 fully saturated rings. The lowest BCUT2D eigenvalue weighted by Crippen LogP contribution is -2.48. The van der Waals surface area contributed by atoms with Crippen LogP contribution in [-0.2, 0) is 4.79 Å². The molecule has 188 valence electrons. The van der Waals surface area contributed by atoms with Gasteiger partial charge in [-0.15, -0.1) is 0 Å². The predicted octanol–water partition coefficient (Wildman–Crippen LogP) is 5.79. The summed E-state index contributed by atoms with van der Waals surface area (Å²) in [4.78, 5) is 31.0. The maximum absolute atomic E-state index is 14.2. The number of nitrogens with one attached hydrogen (secondary N) is 1. The lowest BCUT2D eigenvalue weighted by atomic mass is 9.97. The molecule has 1 atom stereocenters. The Labute approximate surface area is 221 Å². The molecule has 2 aliphatic rings. The van der Waals surface area contributed by atoms with Crippen molar-refractivity contribution in [3.05, 3.63) is 114 Å². The van der Waals surface area contributed by atoms with Gasteiger partial charge in [0.2, 0.25) is 5.91 Å². The van der Waals surface area contributed by atoms with E-state index in [4.69, 9.17) is 5.26 Å². The molecule has 1 aliphatic carbocycles. The zero-order valence-corrected chi connectivity index (χ0v) is 21.0. The molecule has 2 heterocycles. The van der Waals surface area contributed by atoms with E-state index in [-0.39, 0.29) is 30.6 Å². The van der Waals surface area contributed by atoms with Crippen molar-refractivity contribution in [1.82, 2.24) is 9.47 Å². The van der Waals surface area contributed by atoms with E-state index in [0.717, 1.165) is 41.0 Å². The first kappa shape index (κ1) is 23.6. The first-order valence-electron chi connectivity index (χ1n) is 12.8. The van der Waals surface area contributed by atoms with Crippen LogP contribution in [0, 0.1) is 18.3 Å². The third kappa shape index (κ3) is 4.31. The van der Waals surface area contributed by atoms with Gasteiger partial charge in [-0.2, -0.15) is 5.26 Å². The van der Waals surface area contributed by atoms with Crippen LogP contribution in [-0.4, -0.2) is 34.0 Å². The third-order valence-electron chi connectivity index (χ3n) is 7.20. The van der Waals surface area contributed by atoms with E-state index in [0.29, 0.717) is 11.3 Å². The van der Waals surface area contributed by atoms with Crippen molar-refractivity contribution in [1.29, 1.82) is 5.26 Å². The van der Waals surface area contributed by atoms with Crippen molar-refractivity contribution in [2.45, 2.75) is 31.8 Å². The fraction of sp³-hybridized carbons (Fsp3) is 0.194. The van der Waals surface area contributed by atoms with Crippen molar-refractivity contribution in [2.75, 3.05) is 16.8 Å². The number of hydrogen-bond donors (Lipinski definition) is 1. The lowest BCUT2D eigenvalue weighted by molar-refractivity contribution is -0.119. The van der Waals surface area contributed by atoms with Crippen LogP contribution >= 0.6 is 0 Å². The number of rotatable bonds is 5. The first-order chi connectivity index (χ1) is 18.5. The average molecular weight is 502 g/mol. The van der Waals surface area contributed by atoms with E-state index in [1.165, 1.54) is 0 Å². The number of para-hydroxylation sites is 2. The van der Waals surface area contributed by atoms with E-state index < -0.39 is 0 Å². The van der Waals surface area contributed by atoms with Crippen molar-refractivity contribution in [2.24, 2.45) is 0 Å². The Morgan fingerprint density at radius 2 is 1.66 bits per heavy atom. The summed E-state index contributed by atoms with van der Waals surface area (Å²) in [6.07, 6.45) is 3.77. The molecule has 0 saturated heterocycles. The van der Waals surface area contributed by atoms with Crippen LogP contribution < -0.4 is 10.2 Å². The van der Waals surface area contributed by atoms with E-state index in [1.54, 1.807) is 29.2 Å². The quantitative estimate of drug-likeness (QED) is 0.376. The lowest BCUT2D eigenvalue weighted by Gasteiger charge is -2.39. The molecule has 4 aromatic rings. The van der Waals surface area contributed by atoms with Gasteiger partial charge in [0.25, 0.3) is 0 Å². The minimum Gasteiger partial charge on any atom is -0.316 e. The number of aromatic nitrogens is 1. The second kappa shape index (κ2) is 9.56. The summed E-state index contributed by atoms with van der Waals surface area (Å²) < 4.78 is 2.14. The summed E-state index contributed by atoms with van der Waals surface area (Å²) in [7, 11) is 0. The van der Waals surface area contributed by atoms with Crippen LogP contribution in [0.1, 0.15) is 41.3 Å². The van der Waals surface area contributed by atoms with Gasteiger partial charge in [-0.25, -0.2) is 4.79 Å². The summed E-state index contributed by atoms with van der Waals surface area (Å²) in [6.45, 7) is 2.01. The number of carbonyl (C=O) groups is 2. The Bertz CT molecular complexity index is 1540. The van der Waals surface area contributed by atoms with Crippen LogP contribution in [0.2, 0.25) is 0 Å². The number of benzene rings is 3. The number of fused-ring (bicyclic) bond motifs is 3. The largest absolute Gasteiger partial charge is 0.322 e. The van der Waals surface area contributed by atoms with Gasteiger partial charge >= 0.3 is 6.03 Å². The normalized spacial score (nSPS) is 15.7. The molecule has 3 aromatic carbocycles. The number of amides is 3. The fourth-order valence-electron chi connectivity index (χ4n) is 5.12. The van der Waals surface area contributed by atoms with Gasteiger partial charge in [-0.1, -0.05) is 42.0 Å². The summed E-state index contributed by atoms with van der Waals surface area (Å²) >= 11 is 0. The Morgan fingerprint density at radius 1 is 0.947 bits per heavy atom. The monoisotopic (exact) mass is 501 g/mol. The SMILES string of the molecule is Cc1ccc(C2c3cccn3-c3ccccc3N2C(=O)CN(C(=O)Nc2ccc(C#N)cc2)C2CC2)cc1. The summed E-state index contributed by atoms with van der Waals surface area (Å²) in [5.74, 6) is -0.141. The number of nitrogens with zero attached hydrogens (tertiary/aromatic N) is 4. The Morgan fingerprint density at radius 3 is 2.34 bits per heavy atom. The molecule has 1 aromatic heterocycles. The van der Waals surface area contributed by atoms with Gasteiger partial charge in [-0.3, -0.25) is 9.69 Å². The van der Waals surface area contributed by atoms with E-state index >= 15 is 0 Å². The number of aryl methyl sites for hydroxylation is 1. The molecule has 1 saturated carbocycles. The van der Waals surface area contributed by atoms with Gasteiger partial charge in [0.1, 0.15) is 12.6 Å². The summed E-state index contributed by atoms with van der Waals surface area (Å²) in [6, 6.07) is 28.4. The Kier molecular flexibility index (Phi) is 5.93. The summed E-state index contributed by atoms with van der Waals surface area (Å²) in [5.41, 5.74) is 6.02. The van der Waals surface area contributed by atoms with Gasteiger partial charge in [0.15, 0.2) is 0 Å². The van der Waals surface area contributed by atoms with Crippen LogP contribution in [0.25, 0.3) is 5.69 Å². The van der Waals surface area contributed by atoms with Crippen molar-refractivity contribution in [3.63, 3.8) is 0 Å². The highest BCUT2D eigenvalue weighted by atomic mass is 16.2. The highest BCUT2D eigenvalue weighted by molar-refractivity contribution is 6.01. The molecule has 1 aliphatic heterocycles. The number of carbonyl (C=O) groups excluding carboxylic acids is 2. The highest BCUT2D eigenvalue weighted by Crippen LogP contribution is 2.42. The Hall–Kier alpha value is -4.83. The second-order valence-electron chi connectivity index (χ2n) is 9.85. The van der Waals surface area contributed by atoms with Crippen LogP contribution in [0.5, 0.6) is 0 Å². The number of nitriles is 1. The maximum Gasteiger partial charge on any atom is 0.322 e. The number of hydrogen-bond acceptors (Lipinski definition) is 3. The molecule has 0 spiro atoms. The molecule has 6 rings (SSSR count). The van der Waals surface area contributed by atoms with Gasteiger partial charge < -0.3 is 14.8 Å². The molecule has 0 radical (unpaired) electrons. The van der Waals surface area contributed by atoms with Gasteiger partial charge in [0.05, 0.1) is 28.7 Å². The van der Waals surface area contributed by atoms with E-state index in [1.807, 2.05) is 48.4 Å². The molecule has 3 amide bonds. The van der Waals surface area contributed by atoms with E-state index in [9.17, 15) is 9.59 Å². The molecule has 0 bridgehead atoms. The maximum atomic E-state index is 14.2. The molecule has 1 N–H and O–H groups in total. The Balaban J connectivity index is 1.34. The topological polar surface area (TPSA) is 81.4 Å². The molecule has 7 nitrogen and oxygen atoms in total. The molecular weight excluding hydrogens is 474 g/mol. The van der Waals surface area contributed by atoms with Crippen LogP contribution in [0.3, 0.4) is 0 Å². The zero-order chi connectivity index (χ0) is 26.2.